The Balaban J connectivity index is 2.13. The van der Waals surface area contributed by atoms with Gasteiger partial charge in [0.15, 0.2) is 0 Å². The van der Waals surface area contributed by atoms with E-state index in [-0.39, 0.29) is 23.7 Å². The minimum absolute atomic E-state index is 0.156. The highest BCUT2D eigenvalue weighted by Crippen LogP contribution is 2.42. The van der Waals surface area contributed by atoms with E-state index in [1.807, 2.05) is 6.92 Å². The second-order valence-corrected chi connectivity index (χ2v) is 5.38. The van der Waals surface area contributed by atoms with Crippen molar-refractivity contribution >= 4 is 5.97 Å². The van der Waals surface area contributed by atoms with E-state index in [0.717, 1.165) is 12.8 Å². The summed E-state index contributed by atoms with van der Waals surface area (Å²) in [4.78, 5) is 11.0. The summed E-state index contributed by atoms with van der Waals surface area (Å²) < 4.78 is 5.86. The van der Waals surface area contributed by atoms with Crippen molar-refractivity contribution in [3.05, 3.63) is 0 Å². The number of hydrogen-bond donors (Lipinski definition) is 2. The summed E-state index contributed by atoms with van der Waals surface area (Å²) in [5.41, 5.74) is 0.162. The number of nitrogens with one attached hydrogen (secondary N) is 1. The molecular weight excluding hydrogens is 194 g/mol. The first kappa shape index (κ1) is 10.9. The Hall–Kier alpha value is -0.610. The SMILES string of the molecule is CC1OC2C(CCC2(C)C)NC1C(=O)O. The van der Waals surface area contributed by atoms with Crippen molar-refractivity contribution in [2.75, 3.05) is 0 Å². The zero-order chi connectivity index (χ0) is 11.2. The second kappa shape index (κ2) is 3.46. The van der Waals surface area contributed by atoms with E-state index in [9.17, 15) is 4.79 Å². The Morgan fingerprint density at radius 3 is 2.80 bits per heavy atom. The molecule has 4 unspecified atom stereocenters. The Labute approximate surface area is 90.0 Å². The molecule has 2 fully saturated rings. The summed E-state index contributed by atoms with van der Waals surface area (Å²) in [6.45, 7) is 6.21. The van der Waals surface area contributed by atoms with E-state index >= 15 is 0 Å². The lowest BCUT2D eigenvalue weighted by Crippen LogP contribution is -2.60. The Bertz CT molecular complexity index is 277. The molecule has 4 heteroatoms. The molecule has 0 aromatic rings. The summed E-state index contributed by atoms with van der Waals surface area (Å²) in [7, 11) is 0. The Kier molecular flexibility index (Phi) is 2.51. The van der Waals surface area contributed by atoms with Gasteiger partial charge in [0.2, 0.25) is 0 Å². The van der Waals surface area contributed by atoms with Crippen LogP contribution in [0.2, 0.25) is 0 Å². The molecule has 2 N–H and O–H groups in total. The van der Waals surface area contributed by atoms with Gasteiger partial charge in [-0.15, -0.1) is 0 Å². The zero-order valence-electron chi connectivity index (χ0n) is 9.49. The highest BCUT2D eigenvalue weighted by molar-refractivity contribution is 5.74. The molecule has 86 valence electrons. The summed E-state index contributed by atoms with van der Waals surface area (Å²) >= 11 is 0. The molecule has 2 rings (SSSR count). The lowest BCUT2D eigenvalue weighted by atomic mass is 9.87. The molecule has 1 aliphatic heterocycles. The molecule has 1 heterocycles. The minimum Gasteiger partial charge on any atom is -0.480 e. The monoisotopic (exact) mass is 213 g/mol. The summed E-state index contributed by atoms with van der Waals surface area (Å²) in [5.74, 6) is -0.814. The fraction of sp³-hybridized carbons (Fsp3) is 0.909. The smallest absolute Gasteiger partial charge is 0.323 e. The van der Waals surface area contributed by atoms with Crippen LogP contribution in [0.25, 0.3) is 0 Å². The van der Waals surface area contributed by atoms with Crippen molar-refractivity contribution in [1.29, 1.82) is 0 Å². The first-order valence-electron chi connectivity index (χ1n) is 5.56. The summed E-state index contributed by atoms with van der Waals surface area (Å²) in [6.07, 6.45) is 2.01. The molecule has 4 nitrogen and oxygen atoms in total. The first-order chi connectivity index (χ1) is 6.92. The van der Waals surface area contributed by atoms with Crippen LogP contribution in [0.1, 0.15) is 33.6 Å². The van der Waals surface area contributed by atoms with E-state index < -0.39 is 12.0 Å². The Morgan fingerprint density at radius 1 is 1.53 bits per heavy atom. The molecule has 1 aliphatic carbocycles. The molecular formula is C11H19NO3. The molecule has 0 bridgehead atoms. The molecule has 1 saturated heterocycles. The zero-order valence-corrected chi connectivity index (χ0v) is 9.49. The number of ether oxygens (including phenoxy) is 1. The van der Waals surface area contributed by atoms with Crippen LogP contribution in [0.4, 0.5) is 0 Å². The highest BCUT2D eigenvalue weighted by atomic mass is 16.5. The average Bonchev–Trinajstić information content (AvgIpc) is 2.41. The van der Waals surface area contributed by atoms with Gasteiger partial charge in [-0.3, -0.25) is 10.1 Å². The maximum absolute atomic E-state index is 11.0. The molecule has 0 amide bonds. The maximum atomic E-state index is 11.0. The van der Waals surface area contributed by atoms with Gasteiger partial charge in [0.1, 0.15) is 6.04 Å². The molecule has 2 aliphatic rings. The van der Waals surface area contributed by atoms with E-state index in [1.54, 1.807) is 0 Å². The van der Waals surface area contributed by atoms with Gasteiger partial charge in [-0.2, -0.15) is 0 Å². The third-order valence-electron chi connectivity index (χ3n) is 3.73. The van der Waals surface area contributed by atoms with Crippen LogP contribution in [0.5, 0.6) is 0 Å². The van der Waals surface area contributed by atoms with Crippen molar-refractivity contribution in [2.24, 2.45) is 5.41 Å². The van der Waals surface area contributed by atoms with E-state index in [0.29, 0.717) is 0 Å². The number of carbonyl (C=O) groups is 1. The predicted molar refractivity (Wildman–Crippen MR) is 55.7 cm³/mol. The number of morpholine rings is 1. The molecule has 0 radical (unpaired) electrons. The second-order valence-electron chi connectivity index (χ2n) is 5.38. The summed E-state index contributed by atoms with van der Waals surface area (Å²) in [5, 5.41) is 12.2. The van der Waals surface area contributed by atoms with Gasteiger partial charge in [0.05, 0.1) is 12.2 Å². The highest BCUT2D eigenvalue weighted by Gasteiger charge is 2.49. The molecule has 1 saturated carbocycles. The van der Waals surface area contributed by atoms with Crippen LogP contribution in [-0.4, -0.2) is 35.4 Å². The van der Waals surface area contributed by atoms with Gasteiger partial charge in [-0.1, -0.05) is 13.8 Å². The predicted octanol–water partition coefficient (Wildman–Crippen LogP) is 1.01. The maximum Gasteiger partial charge on any atom is 0.323 e. The quantitative estimate of drug-likeness (QED) is 0.682. The van der Waals surface area contributed by atoms with Gasteiger partial charge < -0.3 is 9.84 Å². The van der Waals surface area contributed by atoms with Crippen molar-refractivity contribution in [3.63, 3.8) is 0 Å². The van der Waals surface area contributed by atoms with Crippen molar-refractivity contribution < 1.29 is 14.6 Å². The van der Waals surface area contributed by atoms with Gasteiger partial charge in [-0.25, -0.2) is 0 Å². The van der Waals surface area contributed by atoms with Crippen LogP contribution in [0, 0.1) is 5.41 Å². The fourth-order valence-electron chi connectivity index (χ4n) is 2.76. The normalized spacial score (nSPS) is 43.7. The fourth-order valence-corrected chi connectivity index (χ4v) is 2.76. The number of aliphatic carboxylic acids is 1. The molecule has 0 aromatic heterocycles. The number of fused-ring (bicyclic) bond motifs is 1. The summed E-state index contributed by atoms with van der Waals surface area (Å²) in [6, 6.07) is -0.350. The van der Waals surface area contributed by atoms with Crippen LogP contribution in [-0.2, 0) is 9.53 Å². The number of hydrogen-bond acceptors (Lipinski definition) is 3. The van der Waals surface area contributed by atoms with Crippen molar-refractivity contribution in [1.82, 2.24) is 5.32 Å². The van der Waals surface area contributed by atoms with E-state index in [2.05, 4.69) is 19.2 Å². The molecule has 4 atom stereocenters. The lowest BCUT2D eigenvalue weighted by molar-refractivity contribution is -0.156. The van der Waals surface area contributed by atoms with Crippen molar-refractivity contribution in [3.8, 4) is 0 Å². The van der Waals surface area contributed by atoms with Crippen LogP contribution < -0.4 is 5.32 Å². The third kappa shape index (κ3) is 1.76. The molecule has 0 spiro atoms. The number of carboxylic acids is 1. The minimum atomic E-state index is -0.814. The Morgan fingerprint density at radius 2 is 2.20 bits per heavy atom. The average molecular weight is 213 g/mol. The topological polar surface area (TPSA) is 58.6 Å². The van der Waals surface area contributed by atoms with Gasteiger partial charge in [0, 0.05) is 6.04 Å². The van der Waals surface area contributed by atoms with E-state index in [4.69, 9.17) is 9.84 Å². The van der Waals surface area contributed by atoms with Crippen LogP contribution >= 0.6 is 0 Å². The van der Waals surface area contributed by atoms with Gasteiger partial charge in [-0.05, 0) is 25.2 Å². The van der Waals surface area contributed by atoms with Crippen molar-refractivity contribution in [2.45, 2.75) is 57.9 Å². The number of rotatable bonds is 1. The standard InChI is InChI=1S/C11H19NO3/c1-6-8(10(13)14)12-7-4-5-11(2,3)9(7)15-6/h6-9,12H,4-5H2,1-3H3,(H,13,14). The van der Waals surface area contributed by atoms with Gasteiger partial charge >= 0.3 is 5.97 Å². The molecule has 15 heavy (non-hydrogen) atoms. The van der Waals surface area contributed by atoms with Gasteiger partial charge in [0.25, 0.3) is 0 Å². The first-order valence-corrected chi connectivity index (χ1v) is 5.56. The third-order valence-corrected chi connectivity index (χ3v) is 3.73. The van der Waals surface area contributed by atoms with Crippen LogP contribution in [0.3, 0.4) is 0 Å². The van der Waals surface area contributed by atoms with E-state index in [1.165, 1.54) is 0 Å². The van der Waals surface area contributed by atoms with Crippen LogP contribution in [0.15, 0.2) is 0 Å². The largest absolute Gasteiger partial charge is 0.480 e. The lowest BCUT2D eigenvalue weighted by Gasteiger charge is -2.41. The number of carboxylic acid groups (broad SMARTS) is 1. The molecule has 0 aromatic carbocycles.